The van der Waals surface area contributed by atoms with Gasteiger partial charge in [0, 0.05) is 31.1 Å². The van der Waals surface area contributed by atoms with E-state index in [0.717, 1.165) is 0 Å². The van der Waals surface area contributed by atoms with Gasteiger partial charge in [0.1, 0.15) is 0 Å². The number of amides is 1. The van der Waals surface area contributed by atoms with Crippen molar-refractivity contribution in [3.63, 3.8) is 0 Å². The van der Waals surface area contributed by atoms with Gasteiger partial charge in [-0.15, -0.1) is 0 Å². The fourth-order valence-electron chi connectivity index (χ4n) is 2.19. The zero-order valence-electron chi connectivity index (χ0n) is 11.1. The summed E-state index contributed by atoms with van der Waals surface area (Å²) in [5.41, 5.74) is 0.298. The third-order valence-electron chi connectivity index (χ3n) is 3.27. The molecule has 1 aromatic rings. The van der Waals surface area contributed by atoms with Crippen LogP contribution in [0, 0.1) is 16.0 Å². The molecule has 1 heterocycles. The highest BCUT2D eigenvalue weighted by atomic mass is 16.6. The van der Waals surface area contributed by atoms with Crippen LogP contribution in [-0.4, -0.2) is 39.9 Å². The van der Waals surface area contributed by atoms with E-state index in [2.05, 4.69) is 0 Å². The number of rotatable bonds is 5. The number of likely N-dealkylation sites (tertiary alicyclic amines) is 1. The largest absolute Gasteiger partial charge is 0.481 e. The molecule has 1 aromatic carbocycles. The summed E-state index contributed by atoms with van der Waals surface area (Å²) < 4.78 is 0. The predicted octanol–water partition coefficient (Wildman–Crippen LogP) is 1.54. The molecule has 0 aliphatic carbocycles. The Bertz CT molecular complexity index is 605. The van der Waals surface area contributed by atoms with Crippen molar-refractivity contribution in [2.75, 3.05) is 13.1 Å². The molecule has 1 fully saturated rings. The molecule has 2 rings (SSSR count). The van der Waals surface area contributed by atoms with Crippen molar-refractivity contribution in [3.05, 3.63) is 46.0 Å². The number of nitro groups is 1. The van der Waals surface area contributed by atoms with Crippen molar-refractivity contribution in [1.29, 1.82) is 0 Å². The van der Waals surface area contributed by atoms with Crippen LogP contribution >= 0.6 is 0 Å². The van der Waals surface area contributed by atoms with Crippen molar-refractivity contribution in [2.45, 2.75) is 6.42 Å². The molecule has 0 bridgehead atoms. The molecule has 1 N–H and O–H groups in total. The minimum absolute atomic E-state index is 0.00842. The molecule has 1 aliphatic heterocycles. The van der Waals surface area contributed by atoms with Crippen LogP contribution in [0.25, 0.3) is 6.08 Å². The summed E-state index contributed by atoms with van der Waals surface area (Å²) in [7, 11) is 0. The highest BCUT2D eigenvalue weighted by Crippen LogP contribution is 2.21. The zero-order valence-corrected chi connectivity index (χ0v) is 11.1. The Kier molecular flexibility index (Phi) is 4.32. The number of carboxylic acid groups (broad SMARTS) is 1. The molecule has 0 saturated carbocycles. The first-order chi connectivity index (χ1) is 9.97. The van der Waals surface area contributed by atoms with Gasteiger partial charge in [-0.2, -0.15) is 0 Å². The van der Waals surface area contributed by atoms with Crippen LogP contribution in [0.1, 0.15) is 12.0 Å². The van der Waals surface area contributed by atoms with Crippen molar-refractivity contribution in [1.82, 2.24) is 4.90 Å². The van der Waals surface area contributed by atoms with Gasteiger partial charge in [-0.1, -0.05) is 12.1 Å². The van der Waals surface area contributed by atoms with Gasteiger partial charge in [0.25, 0.3) is 5.69 Å². The van der Waals surface area contributed by atoms with Crippen LogP contribution in [0.5, 0.6) is 0 Å². The van der Waals surface area contributed by atoms with Crippen molar-refractivity contribution >= 4 is 23.6 Å². The Hall–Kier alpha value is -2.70. The topological polar surface area (TPSA) is 101 Å². The standard InChI is InChI=1S/C14H14N2O5/c17-13(15-8-10(9-15)7-14(18)19)6-5-11-3-1-2-4-12(11)16(20)21/h1-6,10H,7-9H2,(H,18,19). The smallest absolute Gasteiger partial charge is 0.303 e. The van der Waals surface area contributed by atoms with Gasteiger partial charge in [-0.25, -0.2) is 0 Å². The summed E-state index contributed by atoms with van der Waals surface area (Å²) in [6, 6.07) is 6.15. The Labute approximate surface area is 120 Å². The average Bonchev–Trinajstić information content (AvgIpc) is 2.39. The number of carbonyl (C=O) groups is 2. The summed E-state index contributed by atoms with van der Waals surface area (Å²) in [6.07, 6.45) is 2.74. The molecule has 0 aromatic heterocycles. The first-order valence-electron chi connectivity index (χ1n) is 6.39. The summed E-state index contributed by atoms with van der Waals surface area (Å²) in [4.78, 5) is 34.2. The second kappa shape index (κ2) is 6.17. The Balaban J connectivity index is 1.95. The summed E-state index contributed by atoms with van der Waals surface area (Å²) in [5.74, 6) is -1.15. The molecule has 0 unspecified atom stereocenters. The Morgan fingerprint density at radius 2 is 2.05 bits per heavy atom. The molecule has 7 nitrogen and oxygen atoms in total. The van der Waals surface area contributed by atoms with Crippen LogP contribution < -0.4 is 0 Å². The van der Waals surface area contributed by atoms with Crippen molar-refractivity contribution < 1.29 is 19.6 Å². The van der Waals surface area contributed by atoms with E-state index in [1.807, 2.05) is 0 Å². The number of carbonyl (C=O) groups excluding carboxylic acids is 1. The number of nitro benzene ring substituents is 1. The van der Waals surface area contributed by atoms with Crippen LogP contribution in [0.4, 0.5) is 5.69 Å². The maximum Gasteiger partial charge on any atom is 0.303 e. The van der Waals surface area contributed by atoms with E-state index in [1.54, 1.807) is 18.2 Å². The fourth-order valence-corrected chi connectivity index (χ4v) is 2.19. The number of nitrogens with zero attached hydrogens (tertiary/aromatic N) is 2. The number of hydrogen-bond donors (Lipinski definition) is 1. The molecule has 21 heavy (non-hydrogen) atoms. The number of para-hydroxylation sites is 1. The van der Waals surface area contributed by atoms with Gasteiger partial charge in [0.2, 0.25) is 5.91 Å². The van der Waals surface area contributed by atoms with Crippen LogP contribution in [0.15, 0.2) is 30.3 Å². The molecule has 0 atom stereocenters. The van der Waals surface area contributed by atoms with Gasteiger partial charge >= 0.3 is 5.97 Å². The summed E-state index contributed by atoms with van der Waals surface area (Å²) in [5, 5.41) is 19.5. The quantitative estimate of drug-likeness (QED) is 0.503. The highest BCUT2D eigenvalue weighted by molar-refractivity contribution is 5.93. The Morgan fingerprint density at radius 1 is 1.38 bits per heavy atom. The number of aliphatic carboxylic acids is 1. The lowest BCUT2D eigenvalue weighted by Gasteiger charge is -2.37. The lowest BCUT2D eigenvalue weighted by molar-refractivity contribution is -0.385. The molecular formula is C14H14N2O5. The average molecular weight is 290 g/mol. The van der Waals surface area contributed by atoms with Gasteiger partial charge in [0.05, 0.1) is 16.9 Å². The summed E-state index contributed by atoms with van der Waals surface area (Å²) in [6.45, 7) is 0.818. The van der Waals surface area contributed by atoms with E-state index in [1.165, 1.54) is 23.1 Å². The second-order valence-electron chi connectivity index (χ2n) is 4.86. The van der Waals surface area contributed by atoms with Gasteiger partial charge in [0.15, 0.2) is 0 Å². The predicted molar refractivity (Wildman–Crippen MR) is 74.5 cm³/mol. The van der Waals surface area contributed by atoms with Gasteiger partial charge < -0.3 is 10.0 Å². The minimum Gasteiger partial charge on any atom is -0.481 e. The monoisotopic (exact) mass is 290 g/mol. The number of benzene rings is 1. The fraction of sp³-hybridized carbons (Fsp3) is 0.286. The highest BCUT2D eigenvalue weighted by Gasteiger charge is 2.30. The maximum absolute atomic E-state index is 11.8. The normalized spacial score (nSPS) is 15.0. The third-order valence-corrected chi connectivity index (χ3v) is 3.27. The van der Waals surface area contributed by atoms with E-state index in [0.29, 0.717) is 18.7 Å². The second-order valence-corrected chi connectivity index (χ2v) is 4.86. The van der Waals surface area contributed by atoms with E-state index >= 15 is 0 Å². The third kappa shape index (κ3) is 3.65. The van der Waals surface area contributed by atoms with E-state index in [4.69, 9.17) is 5.11 Å². The minimum atomic E-state index is -0.873. The molecule has 110 valence electrons. The summed E-state index contributed by atoms with van der Waals surface area (Å²) >= 11 is 0. The molecule has 1 amide bonds. The SMILES string of the molecule is O=C(O)CC1CN(C(=O)C=Cc2ccccc2[N+](=O)[O-])C1. The van der Waals surface area contributed by atoms with E-state index in [-0.39, 0.29) is 23.9 Å². The van der Waals surface area contributed by atoms with Crippen LogP contribution in [0.3, 0.4) is 0 Å². The van der Waals surface area contributed by atoms with Crippen LogP contribution in [-0.2, 0) is 9.59 Å². The first kappa shape index (κ1) is 14.7. The molecule has 0 spiro atoms. The maximum atomic E-state index is 11.8. The van der Waals surface area contributed by atoms with Gasteiger partial charge in [-0.3, -0.25) is 19.7 Å². The lowest BCUT2D eigenvalue weighted by Crippen LogP contribution is -2.49. The van der Waals surface area contributed by atoms with Gasteiger partial charge in [-0.05, 0) is 12.1 Å². The molecule has 7 heteroatoms. The first-order valence-corrected chi connectivity index (χ1v) is 6.39. The molecular weight excluding hydrogens is 276 g/mol. The lowest BCUT2D eigenvalue weighted by atomic mass is 9.96. The molecule has 1 saturated heterocycles. The van der Waals surface area contributed by atoms with Crippen molar-refractivity contribution in [2.24, 2.45) is 5.92 Å². The number of hydrogen-bond acceptors (Lipinski definition) is 4. The number of carboxylic acids is 1. The van der Waals surface area contributed by atoms with E-state index < -0.39 is 10.9 Å². The molecule has 1 aliphatic rings. The Morgan fingerprint density at radius 3 is 2.67 bits per heavy atom. The van der Waals surface area contributed by atoms with Crippen molar-refractivity contribution in [3.8, 4) is 0 Å². The van der Waals surface area contributed by atoms with Crippen LogP contribution in [0.2, 0.25) is 0 Å². The zero-order chi connectivity index (χ0) is 15.4. The molecule has 0 radical (unpaired) electrons. The van der Waals surface area contributed by atoms with E-state index in [9.17, 15) is 19.7 Å².